The number of anilines is 1. The zero-order valence-corrected chi connectivity index (χ0v) is 40.7. The van der Waals surface area contributed by atoms with Crippen molar-refractivity contribution in [3.05, 3.63) is 12.7 Å². The number of amides is 2. The van der Waals surface area contributed by atoms with Gasteiger partial charge in [-0.15, -0.1) is 0 Å². The number of carbonyl (C=O) groups is 3. The van der Waals surface area contributed by atoms with E-state index in [4.69, 9.17) is 29.0 Å². The fraction of sp³-hybridized carbons (Fsp3) is 0.771. The standard InChI is InChI=1S/C35H60N7O22P3S/c1-18(60-34-22(45)13-21(44)19(2)61-34)6-5-7-20(43)12-25(47)68-11-10-37-24(46)8-9-38-32(50)29(49)35(3,4)15-59-67(56,57)64-66(54,55)58-14-23-28(63-65(51,52)53)27(48)33(62-23)42-17-41-26-30(36)39-16-40-31(26)42/h16-23,27-29,33-34,43-45,48-49H,5-15H2,1-4H3,(H,37,46)(H,38,50)(H,54,55)(H,56,57)(H2,36,39,40)(H2,51,52,53)/t18-,19+,20-,21-,22-,23-,27-,28-,29+,33-,34-/m1/s1. The van der Waals surface area contributed by atoms with Crippen LogP contribution in [0.5, 0.6) is 0 Å². The molecular formula is C35H60N7O22P3S. The van der Waals surface area contributed by atoms with Crippen LogP contribution in [0.2, 0.25) is 0 Å². The van der Waals surface area contributed by atoms with Crippen LogP contribution in [0, 0.1) is 5.41 Å². The van der Waals surface area contributed by atoms with Crippen LogP contribution in [-0.4, -0.2) is 175 Å². The van der Waals surface area contributed by atoms with Gasteiger partial charge in [-0.25, -0.2) is 28.6 Å². The Morgan fingerprint density at radius 2 is 1.68 bits per heavy atom. The van der Waals surface area contributed by atoms with Gasteiger partial charge in [-0.05, 0) is 33.1 Å². The number of fused-ring (bicyclic) bond motifs is 1. The Kier molecular flexibility index (Phi) is 21.4. The van der Waals surface area contributed by atoms with Gasteiger partial charge >= 0.3 is 23.5 Å². The zero-order chi connectivity index (χ0) is 50.8. The summed E-state index contributed by atoms with van der Waals surface area (Å²) < 4.78 is 73.6. The number of nitrogens with two attached hydrogens (primary N) is 1. The van der Waals surface area contributed by atoms with Gasteiger partial charge in [0.25, 0.3) is 0 Å². The minimum atomic E-state index is -5.61. The molecule has 0 aliphatic carbocycles. The third-order valence-corrected chi connectivity index (χ3v) is 14.4. The van der Waals surface area contributed by atoms with E-state index in [1.54, 1.807) is 13.8 Å². The molecule has 2 aliphatic heterocycles. The maximum absolute atomic E-state index is 12.7. The molecule has 13 N–H and O–H groups in total. The topological polar surface area (TPSA) is 443 Å². The molecule has 4 rings (SSSR count). The van der Waals surface area contributed by atoms with Crippen LogP contribution < -0.4 is 16.4 Å². The fourth-order valence-corrected chi connectivity index (χ4v) is 10.2. The highest BCUT2D eigenvalue weighted by molar-refractivity contribution is 8.13. The summed E-state index contributed by atoms with van der Waals surface area (Å²) in [6.07, 6.45) is -10.0. The number of aliphatic hydroxyl groups excluding tert-OH is 5. The minimum Gasteiger partial charge on any atom is -0.393 e. The van der Waals surface area contributed by atoms with Gasteiger partial charge in [-0.2, -0.15) is 4.31 Å². The summed E-state index contributed by atoms with van der Waals surface area (Å²) in [5.41, 5.74) is 4.20. The lowest BCUT2D eigenvalue weighted by Crippen LogP contribution is -2.48. The second-order valence-corrected chi connectivity index (χ2v) is 22.0. The molecule has 33 heteroatoms. The maximum Gasteiger partial charge on any atom is 0.481 e. The Bertz CT molecular complexity index is 2160. The van der Waals surface area contributed by atoms with Crippen molar-refractivity contribution in [2.45, 2.75) is 134 Å². The number of thioether (sulfide) groups is 1. The number of aromatic nitrogens is 4. The number of aliphatic hydroxyl groups is 5. The third kappa shape index (κ3) is 17.9. The SMILES string of the molecule is C[C@H](CCC[C@@H](O)CC(=O)SCCNC(=O)CCNC(=O)[C@H](O)C(C)(C)COP(=O)(O)OP(=O)(O)OC[C@H]1O[C@@H](n2cnc3c(N)ncnc32)[C@H](O)[C@@H]1OP(=O)(O)O)O[C@@H]1O[C@@H](C)[C@H](O)C[C@H]1O. The van der Waals surface area contributed by atoms with E-state index in [1.807, 2.05) is 0 Å². The Morgan fingerprint density at radius 3 is 2.37 bits per heavy atom. The second kappa shape index (κ2) is 25.1. The minimum absolute atomic E-state index is 0.0174. The summed E-state index contributed by atoms with van der Waals surface area (Å²) in [7, 11) is -16.5. The predicted octanol–water partition coefficient (Wildman–Crippen LogP) is -1.15. The lowest BCUT2D eigenvalue weighted by Gasteiger charge is -2.36. The lowest BCUT2D eigenvalue weighted by molar-refractivity contribution is -0.273. The molecule has 0 bridgehead atoms. The van der Waals surface area contributed by atoms with Gasteiger partial charge in [0.15, 0.2) is 29.1 Å². The van der Waals surface area contributed by atoms with Crippen LogP contribution in [0.4, 0.5) is 5.82 Å². The van der Waals surface area contributed by atoms with Crippen molar-refractivity contribution in [3.8, 4) is 0 Å². The van der Waals surface area contributed by atoms with Gasteiger partial charge in [0.05, 0.1) is 44.0 Å². The average Bonchev–Trinajstić information content (AvgIpc) is 3.79. The van der Waals surface area contributed by atoms with E-state index >= 15 is 0 Å². The highest BCUT2D eigenvalue weighted by Crippen LogP contribution is 2.61. The highest BCUT2D eigenvalue weighted by atomic mass is 32.2. The molecule has 2 amide bonds. The summed E-state index contributed by atoms with van der Waals surface area (Å²) in [6.45, 7) is 3.68. The van der Waals surface area contributed by atoms with Crippen LogP contribution in [0.15, 0.2) is 12.7 Å². The van der Waals surface area contributed by atoms with Crippen molar-refractivity contribution >= 4 is 69.1 Å². The van der Waals surface area contributed by atoms with Crippen LogP contribution >= 0.6 is 35.2 Å². The number of imidazole rings is 1. The Hall–Kier alpha value is -2.64. The van der Waals surface area contributed by atoms with E-state index in [2.05, 4.69) is 34.4 Å². The quantitative estimate of drug-likeness (QED) is 0.0371. The number of nitrogens with one attached hydrogen (secondary N) is 2. The van der Waals surface area contributed by atoms with Gasteiger partial charge in [0, 0.05) is 43.5 Å². The predicted molar refractivity (Wildman–Crippen MR) is 233 cm³/mol. The Morgan fingerprint density at radius 1 is 0.985 bits per heavy atom. The largest absolute Gasteiger partial charge is 0.481 e. The monoisotopic (exact) mass is 1060 g/mol. The van der Waals surface area contributed by atoms with E-state index in [-0.39, 0.29) is 66.3 Å². The zero-order valence-electron chi connectivity index (χ0n) is 37.2. The number of nitrogen functional groups attached to an aromatic ring is 1. The molecule has 0 aromatic carbocycles. The molecule has 2 aliphatic rings. The summed E-state index contributed by atoms with van der Waals surface area (Å²) >= 11 is 0.913. The summed E-state index contributed by atoms with van der Waals surface area (Å²) in [6, 6.07) is 0. The van der Waals surface area contributed by atoms with E-state index < -0.39 is 115 Å². The first-order valence-corrected chi connectivity index (χ1v) is 26.5. The first-order chi connectivity index (χ1) is 31.6. The maximum atomic E-state index is 12.7. The molecule has 0 spiro atoms. The Balaban J connectivity index is 1.12. The van der Waals surface area contributed by atoms with Gasteiger partial charge in [0.1, 0.15) is 42.4 Å². The first-order valence-electron chi connectivity index (χ1n) is 21.0. The van der Waals surface area contributed by atoms with Crippen molar-refractivity contribution < 1.29 is 105 Å². The van der Waals surface area contributed by atoms with Crippen molar-refractivity contribution in [1.29, 1.82) is 0 Å². The summed E-state index contributed by atoms with van der Waals surface area (Å²) in [5, 5.41) is 56.3. The molecule has 2 aromatic heterocycles. The number of phosphoric ester groups is 3. The number of ether oxygens (including phenoxy) is 3. The number of carbonyl (C=O) groups excluding carboxylic acids is 3. The number of hydrogen-bond donors (Lipinski definition) is 12. The molecule has 0 saturated carbocycles. The Labute approximate surface area is 393 Å². The van der Waals surface area contributed by atoms with Gasteiger partial charge in [-0.1, -0.05) is 25.6 Å². The molecule has 29 nitrogen and oxygen atoms in total. The summed E-state index contributed by atoms with van der Waals surface area (Å²) in [5.74, 6) is -1.39. The number of rotatable bonds is 27. The lowest BCUT2D eigenvalue weighted by atomic mass is 9.87. The van der Waals surface area contributed by atoms with Crippen LogP contribution in [0.1, 0.15) is 72.4 Å². The van der Waals surface area contributed by atoms with Gasteiger partial charge < -0.3 is 75.7 Å². The number of hydrogen-bond acceptors (Lipinski definition) is 23. The molecule has 68 heavy (non-hydrogen) atoms. The molecule has 2 saturated heterocycles. The fourth-order valence-electron chi connectivity index (χ4n) is 6.65. The first kappa shape index (κ1) is 57.9. The summed E-state index contributed by atoms with van der Waals surface area (Å²) in [4.78, 5) is 88.4. The smallest absolute Gasteiger partial charge is 0.393 e. The molecule has 13 atom stereocenters. The molecule has 388 valence electrons. The molecule has 4 heterocycles. The average molecular weight is 1060 g/mol. The second-order valence-electron chi connectivity index (χ2n) is 16.6. The van der Waals surface area contributed by atoms with Gasteiger partial charge in [0.2, 0.25) is 11.8 Å². The van der Waals surface area contributed by atoms with Crippen molar-refractivity contribution in [1.82, 2.24) is 30.2 Å². The van der Waals surface area contributed by atoms with E-state index in [1.165, 1.54) is 13.8 Å². The van der Waals surface area contributed by atoms with E-state index in [0.717, 1.165) is 29.0 Å². The van der Waals surface area contributed by atoms with E-state index in [9.17, 15) is 73.2 Å². The van der Waals surface area contributed by atoms with Crippen LogP contribution in [0.3, 0.4) is 0 Å². The van der Waals surface area contributed by atoms with Crippen LogP contribution in [0.25, 0.3) is 11.2 Å². The normalized spacial score (nSPS) is 26.7. The van der Waals surface area contributed by atoms with Gasteiger partial charge in [-0.3, -0.25) is 32.5 Å². The van der Waals surface area contributed by atoms with Crippen molar-refractivity contribution in [3.63, 3.8) is 0 Å². The molecule has 2 aromatic rings. The molecule has 0 radical (unpaired) electrons. The van der Waals surface area contributed by atoms with E-state index in [0.29, 0.717) is 19.3 Å². The third-order valence-electron chi connectivity index (χ3n) is 10.4. The number of nitrogens with zero attached hydrogens (tertiary/aromatic N) is 4. The van der Waals surface area contributed by atoms with Crippen molar-refractivity contribution in [2.75, 3.05) is 37.8 Å². The number of phosphoric acid groups is 3. The van der Waals surface area contributed by atoms with Crippen molar-refractivity contribution in [2.24, 2.45) is 5.41 Å². The molecular weight excluding hydrogens is 995 g/mol. The highest BCUT2D eigenvalue weighted by Gasteiger charge is 2.50. The van der Waals surface area contributed by atoms with Crippen LogP contribution in [-0.2, 0) is 60.2 Å². The molecule has 2 fully saturated rings. The molecule has 2 unspecified atom stereocenters.